The minimum Gasteiger partial charge on any atom is -0.381 e. The molecule has 0 spiro atoms. The lowest BCUT2D eigenvalue weighted by Crippen LogP contribution is -2.40. The Kier molecular flexibility index (Phi) is 7.30. The highest BCUT2D eigenvalue weighted by molar-refractivity contribution is 5.80. The molecular weight excluding hydrogens is 266 g/mol. The topological polar surface area (TPSA) is 46.1 Å². The molecule has 122 valence electrons. The molecule has 1 N–H and O–H groups in total. The largest absolute Gasteiger partial charge is 0.381 e. The van der Waals surface area contributed by atoms with Crippen LogP contribution in [0, 0.1) is 11.8 Å². The minimum absolute atomic E-state index is 0.639. The van der Waals surface area contributed by atoms with Gasteiger partial charge in [0.05, 0.1) is 19.8 Å². The van der Waals surface area contributed by atoms with Crippen LogP contribution in [0.1, 0.15) is 33.1 Å². The molecule has 0 aromatic carbocycles. The van der Waals surface area contributed by atoms with Gasteiger partial charge in [-0.1, -0.05) is 0 Å². The fourth-order valence-corrected chi connectivity index (χ4v) is 2.62. The van der Waals surface area contributed by atoms with Crippen molar-refractivity contribution in [3.05, 3.63) is 0 Å². The van der Waals surface area contributed by atoms with Crippen LogP contribution in [0.25, 0.3) is 0 Å². The molecule has 0 radical (unpaired) electrons. The smallest absolute Gasteiger partial charge is 0.194 e. The van der Waals surface area contributed by atoms with E-state index in [9.17, 15) is 0 Å². The summed E-state index contributed by atoms with van der Waals surface area (Å²) in [6.07, 6.45) is 3.89. The van der Waals surface area contributed by atoms with Crippen LogP contribution in [-0.2, 0) is 9.47 Å². The summed E-state index contributed by atoms with van der Waals surface area (Å²) in [5, 5.41) is 3.39. The molecular formula is C16H31N3O2. The van der Waals surface area contributed by atoms with Crippen LogP contribution in [0.5, 0.6) is 0 Å². The lowest BCUT2D eigenvalue weighted by Gasteiger charge is -2.21. The second-order valence-electron chi connectivity index (χ2n) is 6.01. The quantitative estimate of drug-likeness (QED) is 0.400. The molecule has 21 heavy (non-hydrogen) atoms. The van der Waals surface area contributed by atoms with Crippen molar-refractivity contribution in [2.24, 2.45) is 16.8 Å². The van der Waals surface area contributed by atoms with E-state index in [0.717, 1.165) is 64.5 Å². The van der Waals surface area contributed by atoms with Gasteiger partial charge in [-0.15, -0.1) is 0 Å². The summed E-state index contributed by atoms with van der Waals surface area (Å²) >= 11 is 0. The molecule has 1 unspecified atom stereocenters. The average Bonchev–Trinajstić information content (AvgIpc) is 3.20. The predicted octanol–water partition coefficient (Wildman–Crippen LogP) is 1.74. The third-order valence-electron chi connectivity index (χ3n) is 4.03. The van der Waals surface area contributed by atoms with Gasteiger partial charge in [-0.25, -0.2) is 0 Å². The van der Waals surface area contributed by atoms with Crippen molar-refractivity contribution < 1.29 is 9.47 Å². The molecule has 1 saturated carbocycles. The molecule has 2 fully saturated rings. The number of ether oxygens (including phenoxy) is 2. The van der Waals surface area contributed by atoms with Gasteiger partial charge in [-0.05, 0) is 39.0 Å². The van der Waals surface area contributed by atoms with Crippen molar-refractivity contribution >= 4 is 5.96 Å². The maximum Gasteiger partial charge on any atom is 0.194 e. The normalized spacial score (nSPS) is 22.9. The van der Waals surface area contributed by atoms with Crippen molar-refractivity contribution in [2.75, 3.05) is 52.6 Å². The molecule has 1 atom stereocenters. The molecule has 2 rings (SSSR count). The second kappa shape index (κ2) is 9.26. The van der Waals surface area contributed by atoms with Gasteiger partial charge < -0.3 is 19.7 Å². The molecule has 5 nitrogen and oxygen atoms in total. The lowest BCUT2D eigenvalue weighted by molar-refractivity contribution is 0.114. The Balaban J connectivity index is 1.69. The Bertz CT molecular complexity index is 319. The zero-order valence-corrected chi connectivity index (χ0v) is 13.6. The maximum absolute atomic E-state index is 5.65. The zero-order chi connectivity index (χ0) is 14.9. The lowest BCUT2D eigenvalue weighted by atomic mass is 10.1. The number of hydrogen-bond donors (Lipinski definition) is 1. The first-order valence-electron chi connectivity index (χ1n) is 8.52. The van der Waals surface area contributed by atoms with Gasteiger partial charge in [0.1, 0.15) is 0 Å². The first kappa shape index (κ1) is 16.6. The molecule has 1 aliphatic heterocycles. The first-order valence-corrected chi connectivity index (χ1v) is 8.52. The number of nitrogens with zero attached hydrogens (tertiary/aromatic N) is 2. The van der Waals surface area contributed by atoms with Crippen LogP contribution >= 0.6 is 0 Å². The van der Waals surface area contributed by atoms with Gasteiger partial charge in [0.15, 0.2) is 5.96 Å². The van der Waals surface area contributed by atoms with Crippen LogP contribution < -0.4 is 5.32 Å². The van der Waals surface area contributed by atoms with Crippen LogP contribution in [-0.4, -0.2) is 63.5 Å². The number of likely N-dealkylation sites (tertiary alicyclic amines) is 1. The van der Waals surface area contributed by atoms with Gasteiger partial charge >= 0.3 is 0 Å². The number of guanidine groups is 1. The van der Waals surface area contributed by atoms with Crippen LogP contribution in [0.2, 0.25) is 0 Å². The van der Waals surface area contributed by atoms with E-state index in [1.165, 1.54) is 19.3 Å². The van der Waals surface area contributed by atoms with Gasteiger partial charge in [0, 0.05) is 38.8 Å². The highest BCUT2D eigenvalue weighted by atomic mass is 16.5. The molecule has 5 heteroatoms. The Morgan fingerprint density at radius 3 is 2.67 bits per heavy atom. The summed E-state index contributed by atoms with van der Waals surface area (Å²) in [5.74, 6) is 2.51. The maximum atomic E-state index is 5.65. The van der Waals surface area contributed by atoms with Crippen molar-refractivity contribution in [1.29, 1.82) is 0 Å². The van der Waals surface area contributed by atoms with Gasteiger partial charge in [0.25, 0.3) is 0 Å². The van der Waals surface area contributed by atoms with Gasteiger partial charge in [-0.2, -0.15) is 0 Å². The van der Waals surface area contributed by atoms with Crippen molar-refractivity contribution in [3.8, 4) is 0 Å². The van der Waals surface area contributed by atoms with Crippen LogP contribution in [0.15, 0.2) is 4.99 Å². The molecule has 1 saturated heterocycles. The first-order chi connectivity index (χ1) is 10.3. The third kappa shape index (κ3) is 6.22. The number of aliphatic imine (C=N–C) groups is 1. The second-order valence-corrected chi connectivity index (χ2v) is 6.01. The molecule has 0 aromatic heterocycles. The van der Waals surface area contributed by atoms with Gasteiger partial charge in [0.2, 0.25) is 0 Å². The SMILES string of the molecule is CCNC(=NCCOCC1CC1)N1CCC(COCC)C1. The summed E-state index contributed by atoms with van der Waals surface area (Å²) in [5.41, 5.74) is 0. The molecule has 2 aliphatic rings. The van der Waals surface area contributed by atoms with Crippen molar-refractivity contribution in [2.45, 2.75) is 33.1 Å². The van der Waals surface area contributed by atoms with Crippen molar-refractivity contribution in [3.63, 3.8) is 0 Å². The predicted molar refractivity (Wildman–Crippen MR) is 85.7 cm³/mol. The fourth-order valence-electron chi connectivity index (χ4n) is 2.62. The van der Waals surface area contributed by atoms with E-state index < -0.39 is 0 Å². The van der Waals surface area contributed by atoms with Crippen LogP contribution in [0.3, 0.4) is 0 Å². The average molecular weight is 297 g/mol. The number of hydrogen-bond acceptors (Lipinski definition) is 3. The number of rotatable bonds is 9. The summed E-state index contributed by atoms with van der Waals surface area (Å²) in [6.45, 7) is 11.3. The highest BCUT2D eigenvalue weighted by Crippen LogP contribution is 2.28. The standard InChI is InChI=1S/C16H31N3O2/c1-3-17-16(18-8-10-21-12-14-5-6-14)19-9-7-15(11-19)13-20-4-2/h14-15H,3-13H2,1-2H3,(H,17,18). The molecule has 1 aliphatic carbocycles. The van der Waals surface area contributed by atoms with Gasteiger partial charge in [-0.3, -0.25) is 4.99 Å². The molecule has 1 heterocycles. The molecule has 0 bridgehead atoms. The zero-order valence-electron chi connectivity index (χ0n) is 13.6. The third-order valence-corrected chi connectivity index (χ3v) is 4.03. The Morgan fingerprint density at radius 2 is 1.95 bits per heavy atom. The van der Waals surface area contributed by atoms with E-state index in [2.05, 4.69) is 24.1 Å². The van der Waals surface area contributed by atoms with Crippen molar-refractivity contribution in [1.82, 2.24) is 10.2 Å². The summed E-state index contributed by atoms with van der Waals surface area (Å²) < 4.78 is 11.2. The molecule has 0 amide bonds. The van der Waals surface area contributed by atoms with E-state index in [0.29, 0.717) is 5.92 Å². The summed E-state index contributed by atoms with van der Waals surface area (Å²) in [6, 6.07) is 0. The Labute approximate surface area is 129 Å². The summed E-state index contributed by atoms with van der Waals surface area (Å²) in [7, 11) is 0. The van der Waals surface area contributed by atoms with Crippen LogP contribution in [0.4, 0.5) is 0 Å². The Morgan fingerprint density at radius 1 is 1.14 bits per heavy atom. The van der Waals surface area contributed by atoms with E-state index in [-0.39, 0.29) is 0 Å². The number of nitrogens with one attached hydrogen (secondary N) is 1. The summed E-state index contributed by atoms with van der Waals surface area (Å²) in [4.78, 5) is 7.05. The van der Waals surface area contributed by atoms with E-state index in [4.69, 9.17) is 14.5 Å². The fraction of sp³-hybridized carbons (Fsp3) is 0.938. The van der Waals surface area contributed by atoms with E-state index >= 15 is 0 Å². The minimum atomic E-state index is 0.639. The Hall–Kier alpha value is -0.810. The monoisotopic (exact) mass is 297 g/mol. The van der Waals surface area contributed by atoms with E-state index in [1.807, 2.05) is 0 Å². The van der Waals surface area contributed by atoms with E-state index in [1.54, 1.807) is 0 Å². The highest BCUT2D eigenvalue weighted by Gasteiger charge is 2.25. The molecule has 0 aromatic rings.